The zero-order chi connectivity index (χ0) is 24.7. The molecule has 0 bridgehead atoms. The number of hydrogen-bond donors (Lipinski definition) is 0. The standard InChI is InChI=1S/C26H24Cl3O3P/c1-14-11-17(26(3,4)5)12-15(2)20(14)25(31)33(32)24-19(28)13-18(27)21(22(24)29)23(30)16-9-7-6-8-10-16/h6-13,33H,1-5H3. The topological polar surface area (TPSA) is 51.2 Å². The van der Waals surface area contributed by atoms with Crippen molar-refractivity contribution in [3.8, 4) is 0 Å². The zero-order valence-electron chi connectivity index (χ0n) is 19.0. The normalized spacial score (nSPS) is 12.5. The Morgan fingerprint density at radius 2 is 1.36 bits per heavy atom. The molecule has 0 fully saturated rings. The van der Waals surface area contributed by atoms with E-state index in [1.807, 2.05) is 26.0 Å². The summed E-state index contributed by atoms with van der Waals surface area (Å²) in [5, 5.41) is -0.170. The van der Waals surface area contributed by atoms with E-state index in [0.29, 0.717) is 11.1 Å². The molecule has 3 aromatic carbocycles. The van der Waals surface area contributed by atoms with E-state index in [2.05, 4.69) is 20.8 Å². The minimum Gasteiger partial charge on any atom is -0.313 e. The van der Waals surface area contributed by atoms with Gasteiger partial charge in [-0.3, -0.25) is 9.59 Å². The van der Waals surface area contributed by atoms with Crippen molar-refractivity contribution < 1.29 is 14.2 Å². The fourth-order valence-corrected chi connectivity index (χ4v) is 6.63. The molecular formula is C26H24Cl3O3P. The number of rotatable bonds is 5. The van der Waals surface area contributed by atoms with E-state index in [4.69, 9.17) is 34.8 Å². The summed E-state index contributed by atoms with van der Waals surface area (Å²) >= 11 is 19.2. The maximum Gasteiger partial charge on any atom is 0.223 e. The fraction of sp³-hybridized carbons (Fsp3) is 0.231. The highest BCUT2D eigenvalue weighted by Crippen LogP contribution is 2.40. The van der Waals surface area contributed by atoms with Gasteiger partial charge in [0.05, 0.1) is 25.9 Å². The number of hydrogen-bond acceptors (Lipinski definition) is 3. The second kappa shape index (κ2) is 9.76. The summed E-state index contributed by atoms with van der Waals surface area (Å²) in [5.41, 5.74) is 2.60. The van der Waals surface area contributed by atoms with Gasteiger partial charge in [0.15, 0.2) is 13.6 Å². The van der Waals surface area contributed by atoms with Crippen molar-refractivity contribution in [1.29, 1.82) is 0 Å². The lowest BCUT2D eigenvalue weighted by atomic mass is 9.84. The van der Waals surface area contributed by atoms with Crippen LogP contribution in [-0.4, -0.2) is 11.3 Å². The minimum absolute atomic E-state index is 0.00605. The van der Waals surface area contributed by atoms with Crippen molar-refractivity contribution in [1.82, 2.24) is 0 Å². The summed E-state index contributed by atoms with van der Waals surface area (Å²) in [4.78, 5) is 26.5. The molecule has 0 saturated heterocycles. The van der Waals surface area contributed by atoms with Crippen LogP contribution in [0.4, 0.5) is 0 Å². The monoisotopic (exact) mass is 520 g/mol. The van der Waals surface area contributed by atoms with Gasteiger partial charge in [0.1, 0.15) is 0 Å². The smallest absolute Gasteiger partial charge is 0.223 e. The molecule has 0 heterocycles. The van der Waals surface area contributed by atoms with Crippen LogP contribution in [0.1, 0.15) is 63.7 Å². The average Bonchev–Trinajstić information content (AvgIpc) is 2.72. The Hall–Kier alpha value is -1.90. The van der Waals surface area contributed by atoms with Gasteiger partial charge in [-0.25, -0.2) is 0 Å². The van der Waals surface area contributed by atoms with Crippen LogP contribution in [0.25, 0.3) is 0 Å². The summed E-state index contributed by atoms with van der Waals surface area (Å²) in [7, 11) is -3.17. The first kappa shape index (κ1) is 25.7. The summed E-state index contributed by atoms with van der Waals surface area (Å²) in [6.07, 6.45) is 0. The third-order valence-corrected chi connectivity index (χ3v) is 8.42. The predicted molar refractivity (Wildman–Crippen MR) is 139 cm³/mol. The molecule has 1 unspecified atom stereocenters. The maximum atomic E-state index is 13.5. The summed E-state index contributed by atoms with van der Waals surface area (Å²) in [6.45, 7) is 9.90. The Balaban J connectivity index is 2.12. The molecule has 0 spiro atoms. The van der Waals surface area contributed by atoms with Crippen molar-refractivity contribution in [2.24, 2.45) is 0 Å². The molecule has 0 amide bonds. The zero-order valence-corrected chi connectivity index (χ0v) is 22.2. The number of carbonyl (C=O) groups is 2. The van der Waals surface area contributed by atoms with Crippen molar-refractivity contribution in [2.75, 3.05) is 0 Å². The van der Waals surface area contributed by atoms with Crippen LogP contribution in [0, 0.1) is 13.8 Å². The summed E-state index contributed by atoms with van der Waals surface area (Å²) in [6, 6.07) is 13.6. The van der Waals surface area contributed by atoms with Gasteiger partial charge < -0.3 is 4.57 Å². The van der Waals surface area contributed by atoms with Crippen molar-refractivity contribution in [3.05, 3.63) is 97.0 Å². The summed E-state index contributed by atoms with van der Waals surface area (Å²) < 4.78 is 13.5. The molecule has 0 aliphatic carbocycles. The number of carbonyl (C=O) groups excluding carboxylic acids is 2. The van der Waals surface area contributed by atoms with Gasteiger partial charge in [0.2, 0.25) is 5.52 Å². The SMILES string of the molecule is Cc1cc(C(C)(C)C)cc(C)c1C(=O)[PH](=O)c1c(Cl)cc(Cl)c(C(=O)c2ccccc2)c1Cl. The largest absolute Gasteiger partial charge is 0.313 e. The number of aryl methyl sites for hydroxylation is 2. The highest BCUT2D eigenvalue weighted by Gasteiger charge is 2.29. The van der Waals surface area contributed by atoms with Crippen molar-refractivity contribution >= 4 is 59.2 Å². The first-order valence-electron chi connectivity index (χ1n) is 10.3. The lowest BCUT2D eigenvalue weighted by Gasteiger charge is -2.22. The van der Waals surface area contributed by atoms with Crippen molar-refractivity contribution in [3.63, 3.8) is 0 Å². The van der Waals surface area contributed by atoms with Crippen LogP contribution < -0.4 is 5.30 Å². The number of halogens is 3. The Labute approximate surface area is 209 Å². The molecule has 33 heavy (non-hydrogen) atoms. The quantitative estimate of drug-likeness (QED) is 0.254. The van der Waals surface area contributed by atoms with E-state index in [1.54, 1.807) is 30.3 Å². The Morgan fingerprint density at radius 1 is 0.818 bits per heavy atom. The molecule has 3 rings (SSSR count). The minimum atomic E-state index is -3.17. The van der Waals surface area contributed by atoms with Crippen LogP contribution in [0.5, 0.6) is 0 Å². The highest BCUT2D eigenvalue weighted by atomic mass is 35.5. The molecule has 7 heteroatoms. The van der Waals surface area contributed by atoms with Gasteiger partial charge in [-0.2, -0.15) is 0 Å². The van der Waals surface area contributed by atoms with Gasteiger partial charge in [0, 0.05) is 11.1 Å². The third kappa shape index (κ3) is 5.12. The molecule has 0 aliphatic rings. The Morgan fingerprint density at radius 3 is 1.88 bits per heavy atom. The van der Waals surface area contributed by atoms with Gasteiger partial charge in [-0.1, -0.05) is 98.0 Å². The molecule has 172 valence electrons. The molecule has 0 aliphatic heterocycles. The molecule has 3 aromatic rings. The Kier molecular flexibility index (Phi) is 7.61. The second-order valence-corrected chi connectivity index (χ2v) is 11.8. The molecular weight excluding hydrogens is 498 g/mol. The molecule has 3 nitrogen and oxygen atoms in total. The lowest BCUT2D eigenvalue weighted by molar-refractivity contribution is 0.103. The highest BCUT2D eigenvalue weighted by molar-refractivity contribution is 7.72. The third-order valence-electron chi connectivity index (χ3n) is 5.49. The van der Waals surface area contributed by atoms with E-state index < -0.39 is 19.1 Å². The summed E-state index contributed by atoms with van der Waals surface area (Å²) in [5.74, 6) is -0.437. The molecule has 1 atom stereocenters. The van der Waals surface area contributed by atoms with Crippen LogP contribution in [0.2, 0.25) is 15.1 Å². The molecule has 0 radical (unpaired) electrons. The van der Waals surface area contributed by atoms with E-state index >= 15 is 0 Å². The van der Waals surface area contributed by atoms with E-state index in [1.165, 1.54) is 6.07 Å². The van der Waals surface area contributed by atoms with Crippen LogP contribution >= 0.6 is 42.6 Å². The molecule has 0 saturated carbocycles. The Bertz CT molecular complexity index is 1270. The van der Waals surface area contributed by atoms with E-state index in [9.17, 15) is 14.2 Å². The van der Waals surface area contributed by atoms with Crippen LogP contribution in [-0.2, 0) is 9.98 Å². The van der Waals surface area contributed by atoms with Crippen LogP contribution in [0.15, 0.2) is 48.5 Å². The first-order valence-corrected chi connectivity index (χ1v) is 12.9. The maximum absolute atomic E-state index is 13.5. The number of ketones is 1. The fourth-order valence-electron chi connectivity index (χ4n) is 3.72. The molecule has 0 aromatic heterocycles. The number of benzene rings is 3. The lowest BCUT2D eigenvalue weighted by Crippen LogP contribution is -2.16. The average molecular weight is 522 g/mol. The predicted octanol–water partition coefficient (Wildman–Crippen LogP) is 7.82. The van der Waals surface area contributed by atoms with Gasteiger partial charge in [0.25, 0.3) is 0 Å². The second-order valence-electron chi connectivity index (χ2n) is 8.99. The van der Waals surface area contributed by atoms with Crippen molar-refractivity contribution in [2.45, 2.75) is 40.0 Å². The van der Waals surface area contributed by atoms with Gasteiger partial charge in [-0.05, 0) is 42.0 Å². The van der Waals surface area contributed by atoms with Crippen LogP contribution in [0.3, 0.4) is 0 Å². The van der Waals surface area contributed by atoms with E-state index in [-0.39, 0.29) is 31.4 Å². The first-order chi connectivity index (χ1) is 15.3. The van der Waals surface area contributed by atoms with E-state index in [0.717, 1.165) is 16.7 Å². The van der Waals surface area contributed by atoms with Gasteiger partial charge in [-0.15, -0.1) is 0 Å². The van der Waals surface area contributed by atoms with Gasteiger partial charge >= 0.3 is 0 Å². The molecule has 0 N–H and O–H groups in total.